The number of hydrogen-bond acceptors (Lipinski definition) is 3. The summed E-state index contributed by atoms with van der Waals surface area (Å²) >= 11 is 0. The van der Waals surface area contributed by atoms with Gasteiger partial charge in [-0.3, -0.25) is 9.55 Å². The second-order valence-electron chi connectivity index (χ2n) is 17.7. The van der Waals surface area contributed by atoms with Gasteiger partial charge < -0.3 is 5.11 Å². The van der Waals surface area contributed by atoms with Crippen LogP contribution in [0.5, 0.6) is 5.75 Å². The molecule has 2 heterocycles. The number of imidazole rings is 1. The molecule has 4 nitrogen and oxygen atoms in total. The molecule has 2 aromatic heterocycles. The van der Waals surface area contributed by atoms with Gasteiger partial charge in [-0.05, 0) is 93.3 Å². The van der Waals surface area contributed by atoms with Crippen LogP contribution in [0.1, 0.15) is 107 Å². The fraction of sp³-hybridized carbons (Fsp3) is 0.250. The van der Waals surface area contributed by atoms with E-state index in [2.05, 4.69) is 114 Å². The van der Waals surface area contributed by atoms with E-state index in [9.17, 15) is 6.48 Å². The molecule has 0 fully saturated rings. The van der Waals surface area contributed by atoms with E-state index in [0.29, 0.717) is 39.5 Å². The molecule has 61 heavy (non-hydrogen) atoms. The first-order valence-electron chi connectivity index (χ1n) is 24.8. The zero-order valence-corrected chi connectivity index (χ0v) is 38.5. The molecule has 0 aliphatic rings. The molecule has 0 aliphatic carbocycles. The van der Waals surface area contributed by atoms with E-state index in [0.717, 1.165) is 45.4 Å². The molecule has 0 atom stereocenters. The number of aromatic nitrogens is 3. The molecule has 0 amide bonds. The van der Waals surface area contributed by atoms with Crippen LogP contribution in [0.25, 0.3) is 72.7 Å². The van der Waals surface area contributed by atoms with Crippen molar-refractivity contribution < 1.29 is 37.1 Å². The van der Waals surface area contributed by atoms with Crippen LogP contribution in [0.4, 0.5) is 0 Å². The Labute approximate surface area is 388 Å². The fourth-order valence-electron chi connectivity index (χ4n) is 7.81. The number of benzene rings is 6. The molecule has 0 bridgehead atoms. The summed E-state index contributed by atoms with van der Waals surface area (Å²) in [6.45, 7) is 19.0. The molecule has 0 spiro atoms. The van der Waals surface area contributed by atoms with Gasteiger partial charge in [0.1, 0.15) is 11.6 Å². The Morgan fingerprint density at radius 2 is 1.46 bits per heavy atom. The summed E-state index contributed by atoms with van der Waals surface area (Å²) in [5.41, 5.74) is 9.42. The summed E-state index contributed by atoms with van der Waals surface area (Å²) < 4.78 is 71.6. The van der Waals surface area contributed by atoms with Gasteiger partial charge >= 0.3 is 0 Å². The third-order valence-corrected chi connectivity index (χ3v) is 11.0. The van der Waals surface area contributed by atoms with Crippen LogP contribution in [-0.4, -0.2) is 19.6 Å². The van der Waals surface area contributed by atoms with E-state index in [4.69, 9.17) is 14.6 Å². The van der Waals surface area contributed by atoms with Crippen LogP contribution in [0.15, 0.2) is 139 Å². The van der Waals surface area contributed by atoms with Crippen molar-refractivity contribution in [2.24, 2.45) is 5.92 Å². The molecule has 8 rings (SSSR count). The maximum absolute atomic E-state index is 12.3. The smallest absolute Gasteiger partial charge is 0.148 e. The Kier molecular flexibility index (Phi) is 9.94. The molecule has 0 aliphatic heterocycles. The summed E-state index contributed by atoms with van der Waals surface area (Å²) in [7, 11) is 0. The van der Waals surface area contributed by atoms with Gasteiger partial charge in [-0.1, -0.05) is 164 Å². The molecule has 6 aromatic carbocycles. The monoisotopic (exact) mass is 989 g/mol. The molecule has 0 saturated carbocycles. The van der Waals surface area contributed by atoms with Crippen molar-refractivity contribution in [3.63, 3.8) is 0 Å². The van der Waals surface area contributed by atoms with Crippen molar-refractivity contribution in [3.05, 3.63) is 168 Å². The van der Waals surface area contributed by atoms with Crippen molar-refractivity contribution in [2.45, 2.75) is 86.0 Å². The summed E-state index contributed by atoms with van der Waals surface area (Å²) in [5.74, 6) is 1.34. The zero-order chi connectivity index (χ0) is 49.3. The average Bonchev–Trinajstić information content (AvgIpc) is 3.69. The van der Waals surface area contributed by atoms with Crippen molar-refractivity contribution in [2.75, 3.05) is 0 Å². The molecular formula is C56H56N3OPt-. The van der Waals surface area contributed by atoms with Crippen LogP contribution in [0.3, 0.4) is 0 Å². The van der Waals surface area contributed by atoms with Gasteiger partial charge in [0.15, 0.2) is 0 Å². The molecule has 312 valence electrons. The second kappa shape index (κ2) is 17.8. The standard InChI is InChI=1S/C56H56N3O.Pt/c1-35(2)27-38-23-24-51(48(28-38)40-19-14-11-15-20-40)59-52-22-16-21-46(53(52)58-55(59)49-33-42(36(3)4)32-47(37(5)6)54(49)60)43-29-44(31-45(30-43)56(7,8)9)50-34-41(25-26-57-50)39-17-12-10-13-18-39;/h10-26,28,30-37,60H,27H2,1-9H3;/q-1;/i10D,12D,13D,17D,18D,25D,26D,34D;. The average molecular weight is 990 g/mol. The largest absolute Gasteiger partial charge is 0.507 e. The number of nitrogens with zero attached hydrogens (tertiary/aromatic N) is 3. The van der Waals surface area contributed by atoms with Gasteiger partial charge in [0.2, 0.25) is 0 Å². The quantitative estimate of drug-likeness (QED) is 0.139. The number of phenols is 1. The number of hydrogen-bond donors (Lipinski definition) is 1. The van der Waals surface area contributed by atoms with Crippen molar-refractivity contribution >= 4 is 11.0 Å². The first-order chi connectivity index (χ1) is 32.1. The molecule has 0 radical (unpaired) electrons. The van der Waals surface area contributed by atoms with Gasteiger partial charge in [-0.15, -0.1) is 29.3 Å². The molecule has 8 aromatic rings. The van der Waals surface area contributed by atoms with Crippen molar-refractivity contribution in [1.29, 1.82) is 0 Å². The van der Waals surface area contributed by atoms with Crippen LogP contribution in [0.2, 0.25) is 0 Å². The predicted molar refractivity (Wildman–Crippen MR) is 252 cm³/mol. The third kappa shape index (κ3) is 8.93. The van der Waals surface area contributed by atoms with Gasteiger partial charge in [0.05, 0.1) is 33.3 Å². The minimum atomic E-state index is -0.604. The SMILES string of the molecule is [2H]c1nc(-c2[c-]c(-c3cccc4c3nc(-c3cc(C(C)C)cc(C(C)C)c3O)n4-c3ccc(CC(C)C)cc3-c3ccccc3)cc(C(C)(C)C)c2)c([2H])c(-c2c([2H])c([2H])c([2H])c([2H])c2[2H])c1[2H].[Pt]. The van der Waals surface area contributed by atoms with Crippen molar-refractivity contribution in [1.82, 2.24) is 14.5 Å². The minimum absolute atomic E-state index is 0. The number of fused-ring (bicyclic) bond motifs is 1. The number of aromatic hydroxyl groups is 1. The maximum atomic E-state index is 12.3. The molecule has 0 saturated heterocycles. The summed E-state index contributed by atoms with van der Waals surface area (Å²) in [6.07, 6.45) is 0.377. The Balaban J connectivity index is 0.00000703. The van der Waals surface area contributed by atoms with Gasteiger partial charge in [-0.2, -0.15) is 0 Å². The first kappa shape index (κ1) is 34.1. The zero-order valence-electron chi connectivity index (χ0n) is 44.2. The van der Waals surface area contributed by atoms with Gasteiger partial charge in [0.25, 0.3) is 0 Å². The Bertz CT molecular complexity index is 3260. The van der Waals surface area contributed by atoms with Gasteiger partial charge in [0, 0.05) is 38.5 Å². The first-order valence-corrected chi connectivity index (χ1v) is 20.8. The summed E-state index contributed by atoms with van der Waals surface area (Å²) in [5, 5.41) is 12.3. The molecule has 1 N–H and O–H groups in total. The second-order valence-corrected chi connectivity index (χ2v) is 17.7. The number of para-hydroxylation sites is 1. The Hall–Kier alpha value is -5.57. The topological polar surface area (TPSA) is 50.9 Å². The summed E-state index contributed by atoms with van der Waals surface area (Å²) in [6, 6.07) is 30.5. The Morgan fingerprint density at radius 3 is 2.15 bits per heavy atom. The normalized spacial score (nSPS) is 13.6. The van der Waals surface area contributed by atoms with Crippen LogP contribution in [0, 0.1) is 12.0 Å². The maximum Gasteiger partial charge on any atom is 0.148 e. The van der Waals surface area contributed by atoms with Crippen LogP contribution < -0.4 is 0 Å². The Morgan fingerprint density at radius 1 is 0.721 bits per heavy atom. The van der Waals surface area contributed by atoms with Crippen LogP contribution in [-0.2, 0) is 32.9 Å². The van der Waals surface area contributed by atoms with E-state index in [1.807, 2.05) is 54.6 Å². The number of phenolic OH excluding ortho intramolecular Hbond substituents is 1. The van der Waals surface area contributed by atoms with Crippen molar-refractivity contribution in [3.8, 4) is 67.5 Å². The van der Waals surface area contributed by atoms with E-state index < -0.39 is 47.8 Å². The molecule has 0 unspecified atom stereocenters. The van der Waals surface area contributed by atoms with E-state index in [1.165, 1.54) is 5.56 Å². The van der Waals surface area contributed by atoms with Crippen LogP contribution >= 0.6 is 0 Å². The number of rotatable bonds is 10. The minimum Gasteiger partial charge on any atom is -0.507 e. The predicted octanol–water partition coefficient (Wildman–Crippen LogP) is 15.0. The summed E-state index contributed by atoms with van der Waals surface area (Å²) in [4.78, 5) is 9.97. The molecule has 5 heteroatoms. The van der Waals surface area contributed by atoms with E-state index in [1.54, 1.807) is 0 Å². The number of pyridine rings is 1. The third-order valence-electron chi connectivity index (χ3n) is 11.0. The fourth-order valence-corrected chi connectivity index (χ4v) is 7.81. The van der Waals surface area contributed by atoms with E-state index >= 15 is 0 Å². The van der Waals surface area contributed by atoms with E-state index in [-0.39, 0.29) is 61.5 Å². The van der Waals surface area contributed by atoms with Gasteiger partial charge in [-0.25, -0.2) is 4.98 Å². The molecular weight excluding hydrogens is 926 g/mol.